The van der Waals surface area contributed by atoms with Crippen LogP contribution < -0.4 is 5.73 Å². The van der Waals surface area contributed by atoms with Crippen molar-refractivity contribution < 1.29 is 0 Å². The monoisotopic (exact) mass is 233 g/mol. The van der Waals surface area contributed by atoms with Crippen molar-refractivity contribution in [3.63, 3.8) is 0 Å². The smallest absolute Gasteiger partial charge is 0.0544 e. The van der Waals surface area contributed by atoms with Gasteiger partial charge in [-0.3, -0.25) is 9.88 Å². The maximum atomic E-state index is 5.83. The highest BCUT2D eigenvalue weighted by atomic mass is 15.1. The number of nitrogens with zero attached hydrogens (tertiary/aromatic N) is 2. The molecule has 2 heterocycles. The summed E-state index contributed by atoms with van der Waals surface area (Å²) in [6, 6.07) is 4.26. The molecular formula is C14H23N3. The fourth-order valence-electron chi connectivity index (χ4n) is 2.50. The Balaban J connectivity index is 1.93. The first-order valence-corrected chi connectivity index (χ1v) is 6.53. The zero-order valence-corrected chi connectivity index (χ0v) is 10.9. The molecule has 2 unspecified atom stereocenters. The number of piperidine rings is 1. The van der Waals surface area contributed by atoms with Gasteiger partial charge in [-0.05, 0) is 49.9 Å². The van der Waals surface area contributed by atoms with Crippen LogP contribution in [0.5, 0.6) is 0 Å². The van der Waals surface area contributed by atoms with Crippen LogP contribution in [0.2, 0.25) is 0 Å². The minimum Gasteiger partial charge on any atom is -0.330 e. The van der Waals surface area contributed by atoms with Gasteiger partial charge in [0.05, 0.1) is 5.69 Å². The molecule has 0 bridgehead atoms. The molecule has 1 saturated heterocycles. The molecule has 17 heavy (non-hydrogen) atoms. The summed E-state index contributed by atoms with van der Waals surface area (Å²) in [6.45, 7) is 8.45. The van der Waals surface area contributed by atoms with E-state index < -0.39 is 0 Å². The Hall–Kier alpha value is -0.930. The fourth-order valence-corrected chi connectivity index (χ4v) is 2.50. The van der Waals surface area contributed by atoms with Crippen LogP contribution in [0, 0.1) is 18.8 Å². The first-order chi connectivity index (χ1) is 8.19. The van der Waals surface area contributed by atoms with Crippen LogP contribution in [-0.4, -0.2) is 29.5 Å². The van der Waals surface area contributed by atoms with Crippen LogP contribution in [0.1, 0.15) is 24.6 Å². The van der Waals surface area contributed by atoms with Crippen molar-refractivity contribution in [3.8, 4) is 0 Å². The number of pyridine rings is 1. The molecule has 0 radical (unpaired) electrons. The third-order valence-corrected chi connectivity index (χ3v) is 3.86. The van der Waals surface area contributed by atoms with Crippen LogP contribution in [-0.2, 0) is 6.54 Å². The molecule has 1 aliphatic rings. The van der Waals surface area contributed by atoms with Gasteiger partial charge in [-0.2, -0.15) is 0 Å². The largest absolute Gasteiger partial charge is 0.330 e. The predicted molar refractivity (Wildman–Crippen MR) is 70.6 cm³/mol. The van der Waals surface area contributed by atoms with Gasteiger partial charge in [-0.1, -0.05) is 13.0 Å². The first-order valence-electron chi connectivity index (χ1n) is 6.53. The van der Waals surface area contributed by atoms with Crippen LogP contribution >= 0.6 is 0 Å². The highest BCUT2D eigenvalue weighted by molar-refractivity contribution is 5.12. The lowest BCUT2D eigenvalue weighted by molar-refractivity contribution is 0.125. The quantitative estimate of drug-likeness (QED) is 0.865. The summed E-state index contributed by atoms with van der Waals surface area (Å²) < 4.78 is 0. The Labute approximate surface area is 104 Å². The molecule has 3 heteroatoms. The Morgan fingerprint density at radius 3 is 2.94 bits per heavy atom. The molecule has 1 aliphatic heterocycles. The number of aromatic nitrogens is 1. The van der Waals surface area contributed by atoms with E-state index in [1.54, 1.807) is 0 Å². The summed E-state index contributed by atoms with van der Waals surface area (Å²) in [6.07, 6.45) is 3.20. The number of nitrogens with two attached hydrogens (primary N) is 1. The van der Waals surface area contributed by atoms with Gasteiger partial charge in [0.2, 0.25) is 0 Å². The van der Waals surface area contributed by atoms with Crippen molar-refractivity contribution >= 4 is 0 Å². The molecule has 2 rings (SSSR count). The van der Waals surface area contributed by atoms with Gasteiger partial charge in [-0.25, -0.2) is 0 Å². The van der Waals surface area contributed by atoms with Crippen molar-refractivity contribution in [2.45, 2.75) is 26.8 Å². The minimum absolute atomic E-state index is 0.647. The van der Waals surface area contributed by atoms with Gasteiger partial charge in [0.25, 0.3) is 0 Å². The minimum atomic E-state index is 0.647. The van der Waals surface area contributed by atoms with Gasteiger partial charge in [-0.15, -0.1) is 0 Å². The number of hydrogen-bond acceptors (Lipinski definition) is 3. The van der Waals surface area contributed by atoms with E-state index in [0.717, 1.165) is 25.6 Å². The number of rotatable bonds is 3. The molecule has 0 amide bonds. The lowest BCUT2D eigenvalue weighted by Crippen LogP contribution is -2.42. The highest BCUT2D eigenvalue weighted by Crippen LogP contribution is 2.23. The number of hydrogen-bond donors (Lipinski definition) is 1. The van der Waals surface area contributed by atoms with Crippen molar-refractivity contribution in [3.05, 3.63) is 29.6 Å². The lowest BCUT2D eigenvalue weighted by Gasteiger charge is -2.36. The molecule has 2 atom stereocenters. The van der Waals surface area contributed by atoms with E-state index >= 15 is 0 Å². The van der Waals surface area contributed by atoms with Gasteiger partial charge >= 0.3 is 0 Å². The molecular weight excluding hydrogens is 210 g/mol. The van der Waals surface area contributed by atoms with Crippen molar-refractivity contribution in [2.24, 2.45) is 17.6 Å². The van der Waals surface area contributed by atoms with E-state index in [1.807, 2.05) is 6.20 Å². The van der Waals surface area contributed by atoms with E-state index in [0.29, 0.717) is 5.92 Å². The molecule has 2 N–H and O–H groups in total. The van der Waals surface area contributed by atoms with Crippen LogP contribution in [0.15, 0.2) is 18.3 Å². The van der Waals surface area contributed by atoms with Crippen LogP contribution in [0.3, 0.4) is 0 Å². The SMILES string of the molecule is Cc1ccc(CN2CCC(C)C(CN)C2)nc1. The Morgan fingerprint density at radius 2 is 2.29 bits per heavy atom. The van der Waals surface area contributed by atoms with E-state index in [9.17, 15) is 0 Å². The van der Waals surface area contributed by atoms with Crippen LogP contribution in [0.25, 0.3) is 0 Å². The Bertz CT molecular complexity index is 347. The fraction of sp³-hybridized carbons (Fsp3) is 0.643. The summed E-state index contributed by atoms with van der Waals surface area (Å²) in [4.78, 5) is 6.95. The average Bonchev–Trinajstić information content (AvgIpc) is 2.34. The topological polar surface area (TPSA) is 42.1 Å². The summed E-state index contributed by atoms with van der Waals surface area (Å²) >= 11 is 0. The second-order valence-corrected chi connectivity index (χ2v) is 5.32. The molecule has 94 valence electrons. The van der Waals surface area contributed by atoms with E-state index in [-0.39, 0.29) is 0 Å². The van der Waals surface area contributed by atoms with Crippen molar-refractivity contribution in [2.75, 3.05) is 19.6 Å². The summed E-state index contributed by atoms with van der Waals surface area (Å²) in [5.41, 5.74) is 8.22. The lowest BCUT2D eigenvalue weighted by atomic mass is 9.87. The van der Waals surface area contributed by atoms with E-state index in [2.05, 4.69) is 35.9 Å². The van der Waals surface area contributed by atoms with Crippen molar-refractivity contribution in [1.82, 2.24) is 9.88 Å². The van der Waals surface area contributed by atoms with Crippen molar-refractivity contribution in [1.29, 1.82) is 0 Å². The second-order valence-electron chi connectivity index (χ2n) is 5.32. The van der Waals surface area contributed by atoms with E-state index in [1.165, 1.54) is 24.2 Å². The summed E-state index contributed by atoms with van der Waals surface area (Å²) in [7, 11) is 0. The highest BCUT2D eigenvalue weighted by Gasteiger charge is 2.24. The zero-order chi connectivity index (χ0) is 12.3. The van der Waals surface area contributed by atoms with Crippen LogP contribution in [0.4, 0.5) is 0 Å². The maximum Gasteiger partial charge on any atom is 0.0544 e. The normalized spacial score (nSPS) is 26.1. The average molecular weight is 233 g/mol. The van der Waals surface area contributed by atoms with Gasteiger partial charge in [0, 0.05) is 19.3 Å². The molecule has 3 nitrogen and oxygen atoms in total. The van der Waals surface area contributed by atoms with Gasteiger partial charge in [0.15, 0.2) is 0 Å². The first kappa shape index (κ1) is 12.5. The number of likely N-dealkylation sites (tertiary alicyclic amines) is 1. The standard InChI is InChI=1S/C14H23N3/c1-11-3-4-14(16-8-11)10-17-6-5-12(2)13(7-15)9-17/h3-4,8,12-13H,5-7,9-10,15H2,1-2H3. The third kappa shape index (κ3) is 3.27. The second kappa shape index (κ2) is 5.61. The van der Waals surface area contributed by atoms with Gasteiger partial charge in [0.1, 0.15) is 0 Å². The Morgan fingerprint density at radius 1 is 1.47 bits per heavy atom. The molecule has 0 aliphatic carbocycles. The molecule has 0 spiro atoms. The zero-order valence-electron chi connectivity index (χ0n) is 10.9. The molecule has 1 aromatic heterocycles. The summed E-state index contributed by atoms with van der Waals surface area (Å²) in [5, 5.41) is 0. The van der Waals surface area contributed by atoms with Gasteiger partial charge < -0.3 is 5.73 Å². The third-order valence-electron chi connectivity index (χ3n) is 3.86. The maximum absolute atomic E-state index is 5.83. The molecule has 0 aromatic carbocycles. The summed E-state index contributed by atoms with van der Waals surface area (Å²) in [5.74, 6) is 1.41. The number of aryl methyl sites for hydroxylation is 1. The van der Waals surface area contributed by atoms with E-state index in [4.69, 9.17) is 5.73 Å². The molecule has 1 fully saturated rings. The molecule has 1 aromatic rings. The Kier molecular flexibility index (Phi) is 4.13. The predicted octanol–water partition coefficient (Wildman–Crippen LogP) is 1.81. The molecule has 0 saturated carbocycles.